The van der Waals surface area contributed by atoms with Crippen molar-refractivity contribution in [2.75, 3.05) is 19.7 Å². The summed E-state index contributed by atoms with van der Waals surface area (Å²) in [6.45, 7) is 5.32. The number of rotatable bonds is 6. The molecule has 0 aliphatic carbocycles. The number of carbonyl (C=O) groups excluding carboxylic acids is 2. The molecule has 0 atom stereocenters. The number of ether oxygens (including phenoxy) is 1. The van der Waals surface area contributed by atoms with Gasteiger partial charge in [0.15, 0.2) is 6.61 Å². The van der Waals surface area contributed by atoms with Crippen LogP contribution >= 0.6 is 0 Å². The van der Waals surface area contributed by atoms with Gasteiger partial charge in [0.1, 0.15) is 11.6 Å². The van der Waals surface area contributed by atoms with E-state index in [-0.39, 0.29) is 30.3 Å². The molecular formula is C18H25FN2O3. The SMILES string of the molecule is CC(C)CC(=O)N1CCC(NC(=O)COc2ccc(F)cc2)CC1. The van der Waals surface area contributed by atoms with Crippen molar-refractivity contribution >= 4 is 11.8 Å². The predicted octanol–water partition coefficient (Wildman–Crippen LogP) is 2.36. The summed E-state index contributed by atoms with van der Waals surface area (Å²) in [6.07, 6.45) is 2.08. The van der Waals surface area contributed by atoms with E-state index < -0.39 is 0 Å². The van der Waals surface area contributed by atoms with Crippen LogP contribution in [0.15, 0.2) is 24.3 Å². The molecule has 1 heterocycles. The fraction of sp³-hybridized carbons (Fsp3) is 0.556. The zero-order valence-corrected chi connectivity index (χ0v) is 14.3. The summed E-state index contributed by atoms with van der Waals surface area (Å²) in [5, 5.41) is 2.92. The molecule has 1 N–H and O–H groups in total. The van der Waals surface area contributed by atoms with Gasteiger partial charge in [0.25, 0.3) is 5.91 Å². The molecule has 6 heteroatoms. The predicted molar refractivity (Wildman–Crippen MR) is 89.1 cm³/mol. The van der Waals surface area contributed by atoms with E-state index in [0.29, 0.717) is 31.2 Å². The summed E-state index contributed by atoms with van der Waals surface area (Å²) in [4.78, 5) is 25.8. The highest BCUT2D eigenvalue weighted by Gasteiger charge is 2.24. The Morgan fingerprint density at radius 3 is 2.46 bits per heavy atom. The first-order chi connectivity index (χ1) is 11.4. The number of halogens is 1. The summed E-state index contributed by atoms with van der Waals surface area (Å²) in [7, 11) is 0. The van der Waals surface area contributed by atoms with Gasteiger partial charge in [-0.1, -0.05) is 13.8 Å². The average Bonchev–Trinajstić information content (AvgIpc) is 2.54. The Morgan fingerprint density at radius 2 is 1.88 bits per heavy atom. The number of nitrogens with one attached hydrogen (secondary N) is 1. The lowest BCUT2D eigenvalue weighted by molar-refractivity contribution is -0.133. The van der Waals surface area contributed by atoms with E-state index in [4.69, 9.17) is 4.74 Å². The lowest BCUT2D eigenvalue weighted by atomic mass is 10.0. The fourth-order valence-corrected chi connectivity index (χ4v) is 2.70. The largest absolute Gasteiger partial charge is 0.484 e. The summed E-state index contributed by atoms with van der Waals surface area (Å²) >= 11 is 0. The minimum atomic E-state index is -0.342. The van der Waals surface area contributed by atoms with Crippen molar-refractivity contribution in [1.29, 1.82) is 0 Å². The monoisotopic (exact) mass is 336 g/mol. The maximum absolute atomic E-state index is 12.8. The summed E-state index contributed by atoms with van der Waals surface area (Å²) in [5.74, 6) is 0.463. The number of likely N-dealkylation sites (tertiary alicyclic amines) is 1. The molecule has 1 saturated heterocycles. The van der Waals surface area contributed by atoms with Crippen molar-refractivity contribution < 1.29 is 18.7 Å². The van der Waals surface area contributed by atoms with E-state index in [1.165, 1.54) is 24.3 Å². The third kappa shape index (κ3) is 5.83. The van der Waals surface area contributed by atoms with Crippen LogP contribution in [0.3, 0.4) is 0 Å². The van der Waals surface area contributed by atoms with Gasteiger partial charge in [-0.2, -0.15) is 0 Å². The van der Waals surface area contributed by atoms with Crippen LogP contribution in [0.4, 0.5) is 4.39 Å². The van der Waals surface area contributed by atoms with Gasteiger partial charge in [0, 0.05) is 25.6 Å². The molecule has 2 amide bonds. The van der Waals surface area contributed by atoms with E-state index in [9.17, 15) is 14.0 Å². The minimum absolute atomic E-state index is 0.0671. The number of hydrogen-bond acceptors (Lipinski definition) is 3. The lowest BCUT2D eigenvalue weighted by Gasteiger charge is -2.32. The van der Waals surface area contributed by atoms with Gasteiger partial charge >= 0.3 is 0 Å². The van der Waals surface area contributed by atoms with Crippen LogP contribution in [0.25, 0.3) is 0 Å². The van der Waals surface area contributed by atoms with E-state index >= 15 is 0 Å². The maximum atomic E-state index is 12.8. The van der Waals surface area contributed by atoms with Crippen LogP contribution < -0.4 is 10.1 Å². The zero-order valence-electron chi connectivity index (χ0n) is 14.3. The van der Waals surface area contributed by atoms with Crippen molar-refractivity contribution in [3.8, 4) is 5.75 Å². The van der Waals surface area contributed by atoms with Crippen LogP contribution in [0, 0.1) is 11.7 Å². The van der Waals surface area contributed by atoms with Gasteiger partial charge in [-0.15, -0.1) is 0 Å². The second-order valence-electron chi connectivity index (χ2n) is 6.56. The Morgan fingerprint density at radius 1 is 1.25 bits per heavy atom. The van der Waals surface area contributed by atoms with Gasteiger partial charge in [-0.05, 0) is 43.0 Å². The smallest absolute Gasteiger partial charge is 0.258 e. The van der Waals surface area contributed by atoms with Gasteiger partial charge in [-0.25, -0.2) is 4.39 Å². The normalized spacial score (nSPS) is 15.4. The number of nitrogens with zero attached hydrogens (tertiary/aromatic N) is 1. The minimum Gasteiger partial charge on any atom is -0.484 e. The molecule has 1 fully saturated rings. The summed E-state index contributed by atoms with van der Waals surface area (Å²) in [5.41, 5.74) is 0. The van der Waals surface area contributed by atoms with Crippen molar-refractivity contribution in [1.82, 2.24) is 10.2 Å². The third-order valence-electron chi connectivity index (χ3n) is 3.98. The Hall–Kier alpha value is -2.11. The van der Waals surface area contributed by atoms with Gasteiger partial charge < -0.3 is 15.0 Å². The molecule has 0 unspecified atom stereocenters. The molecule has 5 nitrogen and oxygen atoms in total. The molecule has 0 aromatic heterocycles. The van der Waals surface area contributed by atoms with E-state index in [0.717, 1.165) is 12.8 Å². The molecule has 1 aromatic rings. The topological polar surface area (TPSA) is 58.6 Å². The second kappa shape index (κ2) is 8.66. The number of benzene rings is 1. The first-order valence-corrected chi connectivity index (χ1v) is 8.39. The van der Waals surface area contributed by atoms with E-state index in [2.05, 4.69) is 5.32 Å². The van der Waals surface area contributed by atoms with Crippen LogP contribution in [-0.2, 0) is 9.59 Å². The molecule has 1 aliphatic rings. The van der Waals surface area contributed by atoms with Gasteiger partial charge in [0.05, 0.1) is 0 Å². The molecule has 2 rings (SSSR count). The van der Waals surface area contributed by atoms with Crippen molar-refractivity contribution in [3.63, 3.8) is 0 Å². The van der Waals surface area contributed by atoms with Crippen molar-refractivity contribution in [2.45, 2.75) is 39.2 Å². The van der Waals surface area contributed by atoms with Crippen LogP contribution in [0.1, 0.15) is 33.1 Å². The Labute approximate surface area is 142 Å². The molecule has 0 spiro atoms. The van der Waals surface area contributed by atoms with E-state index in [1.807, 2.05) is 18.7 Å². The number of piperidine rings is 1. The quantitative estimate of drug-likeness (QED) is 0.867. The number of carbonyl (C=O) groups is 2. The maximum Gasteiger partial charge on any atom is 0.258 e. The van der Waals surface area contributed by atoms with Crippen molar-refractivity contribution in [3.05, 3.63) is 30.1 Å². The molecule has 0 saturated carbocycles. The molecule has 0 bridgehead atoms. The van der Waals surface area contributed by atoms with Crippen LogP contribution in [-0.4, -0.2) is 42.5 Å². The highest BCUT2D eigenvalue weighted by atomic mass is 19.1. The number of amides is 2. The molecule has 1 aliphatic heterocycles. The molecule has 24 heavy (non-hydrogen) atoms. The highest BCUT2D eigenvalue weighted by molar-refractivity contribution is 5.78. The Kier molecular flexibility index (Phi) is 6.58. The Balaban J connectivity index is 1.68. The first-order valence-electron chi connectivity index (χ1n) is 8.39. The van der Waals surface area contributed by atoms with Gasteiger partial charge in [-0.3, -0.25) is 9.59 Å². The van der Waals surface area contributed by atoms with Gasteiger partial charge in [0.2, 0.25) is 5.91 Å². The fourth-order valence-electron chi connectivity index (χ4n) is 2.70. The Bertz CT molecular complexity index is 552. The van der Waals surface area contributed by atoms with Crippen LogP contribution in [0.5, 0.6) is 5.75 Å². The highest BCUT2D eigenvalue weighted by Crippen LogP contribution is 2.14. The standard InChI is InChI=1S/C18H25FN2O3/c1-13(2)11-18(23)21-9-7-15(8-10-21)20-17(22)12-24-16-5-3-14(19)4-6-16/h3-6,13,15H,7-12H2,1-2H3,(H,20,22). The molecule has 1 aromatic carbocycles. The molecule has 132 valence electrons. The lowest BCUT2D eigenvalue weighted by Crippen LogP contribution is -2.47. The number of hydrogen-bond donors (Lipinski definition) is 1. The third-order valence-corrected chi connectivity index (χ3v) is 3.98. The van der Waals surface area contributed by atoms with E-state index in [1.54, 1.807) is 0 Å². The van der Waals surface area contributed by atoms with Crippen LogP contribution in [0.2, 0.25) is 0 Å². The first kappa shape index (κ1) is 18.2. The summed E-state index contributed by atoms with van der Waals surface area (Å²) < 4.78 is 18.1. The average molecular weight is 336 g/mol. The molecular weight excluding hydrogens is 311 g/mol. The zero-order chi connectivity index (χ0) is 17.5. The second-order valence-corrected chi connectivity index (χ2v) is 6.56. The summed E-state index contributed by atoms with van der Waals surface area (Å²) in [6, 6.07) is 5.62. The molecule has 0 radical (unpaired) electrons. The van der Waals surface area contributed by atoms with Crippen molar-refractivity contribution in [2.24, 2.45) is 5.92 Å².